The van der Waals surface area contributed by atoms with Crippen LogP contribution in [0.2, 0.25) is 0 Å². The molecule has 0 aliphatic heterocycles. The lowest BCUT2D eigenvalue weighted by Crippen LogP contribution is -2.36. The van der Waals surface area contributed by atoms with Gasteiger partial charge in [0.15, 0.2) is 0 Å². The van der Waals surface area contributed by atoms with Crippen molar-refractivity contribution in [1.29, 1.82) is 0 Å². The summed E-state index contributed by atoms with van der Waals surface area (Å²) in [7, 11) is 1.85. The van der Waals surface area contributed by atoms with E-state index in [4.69, 9.17) is 5.73 Å². The molecule has 0 spiro atoms. The molecule has 7 nitrogen and oxygen atoms in total. The molecule has 2 aromatic rings. The number of hydrogen-bond donors (Lipinski definition) is 3. The molecular weight excluding hydrogens is 282 g/mol. The van der Waals surface area contributed by atoms with Gasteiger partial charge in [0, 0.05) is 31.9 Å². The third kappa shape index (κ3) is 4.62. The Balaban J connectivity index is 1.69. The lowest BCUT2D eigenvalue weighted by atomic mass is 10.1. The second-order valence-corrected chi connectivity index (χ2v) is 4.94. The van der Waals surface area contributed by atoms with Crippen LogP contribution in [0.15, 0.2) is 36.7 Å². The molecule has 0 radical (unpaired) electrons. The van der Waals surface area contributed by atoms with Crippen LogP contribution < -0.4 is 16.4 Å². The van der Waals surface area contributed by atoms with Gasteiger partial charge in [0.25, 0.3) is 0 Å². The van der Waals surface area contributed by atoms with Crippen LogP contribution in [0.25, 0.3) is 0 Å². The van der Waals surface area contributed by atoms with E-state index in [9.17, 15) is 9.59 Å². The molecule has 1 heterocycles. The van der Waals surface area contributed by atoms with Gasteiger partial charge in [0.1, 0.15) is 0 Å². The first-order valence-corrected chi connectivity index (χ1v) is 6.92. The number of amides is 3. The number of urea groups is 1. The lowest BCUT2D eigenvalue weighted by Gasteiger charge is -2.07. The van der Waals surface area contributed by atoms with E-state index in [1.165, 1.54) is 0 Å². The number of nitrogens with one attached hydrogen (secondary N) is 2. The number of hydrogen-bond acceptors (Lipinski definition) is 3. The third-order valence-electron chi connectivity index (χ3n) is 3.15. The number of rotatable bonds is 6. The van der Waals surface area contributed by atoms with E-state index in [0.29, 0.717) is 18.7 Å². The molecular formula is C15H19N5O2. The zero-order valence-corrected chi connectivity index (χ0v) is 12.4. The maximum atomic E-state index is 11.7. The Morgan fingerprint density at radius 3 is 2.50 bits per heavy atom. The Bertz CT molecular complexity index is 648. The van der Waals surface area contributed by atoms with Crippen LogP contribution in [0.5, 0.6) is 0 Å². The van der Waals surface area contributed by atoms with Crippen molar-refractivity contribution in [2.24, 2.45) is 12.8 Å². The van der Waals surface area contributed by atoms with Crippen molar-refractivity contribution in [1.82, 2.24) is 20.4 Å². The van der Waals surface area contributed by atoms with Crippen LogP contribution in [0.4, 0.5) is 4.79 Å². The topological polar surface area (TPSA) is 102 Å². The summed E-state index contributed by atoms with van der Waals surface area (Å²) < 4.78 is 1.73. The molecule has 22 heavy (non-hydrogen) atoms. The zero-order valence-electron chi connectivity index (χ0n) is 12.4. The van der Waals surface area contributed by atoms with Gasteiger partial charge in [-0.25, -0.2) is 4.79 Å². The molecule has 0 atom stereocenters. The summed E-state index contributed by atoms with van der Waals surface area (Å²) in [5.41, 5.74) is 7.58. The predicted molar refractivity (Wildman–Crippen MR) is 82.1 cm³/mol. The van der Waals surface area contributed by atoms with Crippen molar-refractivity contribution in [2.75, 3.05) is 6.54 Å². The van der Waals surface area contributed by atoms with Crippen LogP contribution >= 0.6 is 0 Å². The van der Waals surface area contributed by atoms with Crippen LogP contribution in [-0.4, -0.2) is 28.3 Å². The maximum absolute atomic E-state index is 11.7. The van der Waals surface area contributed by atoms with E-state index in [2.05, 4.69) is 15.7 Å². The summed E-state index contributed by atoms with van der Waals surface area (Å²) in [5, 5.41) is 9.60. The fourth-order valence-electron chi connectivity index (χ4n) is 1.95. The van der Waals surface area contributed by atoms with Gasteiger partial charge in [-0.3, -0.25) is 9.48 Å². The molecule has 0 fully saturated rings. The quantitative estimate of drug-likeness (QED) is 0.726. The average Bonchev–Trinajstić information content (AvgIpc) is 2.91. The van der Waals surface area contributed by atoms with Gasteiger partial charge in [-0.1, -0.05) is 12.1 Å². The standard InChI is InChI=1S/C15H19N5O2/c1-20-10-12(9-19-20)6-7-17-15(22)18-8-11-2-4-13(5-3-11)14(16)21/h2-5,9-10H,6-8H2,1H3,(H2,16,21)(H2,17,18,22). The maximum Gasteiger partial charge on any atom is 0.315 e. The molecule has 116 valence electrons. The van der Waals surface area contributed by atoms with Crippen LogP contribution in [-0.2, 0) is 20.0 Å². The number of nitrogens with zero attached hydrogens (tertiary/aromatic N) is 2. The van der Waals surface area contributed by atoms with Crippen LogP contribution in [0.1, 0.15) is 21.5 Å². The van der Waals surface area contributed by atoms with Gasteiger partial charge in [0.2, 0.25) is 5.91 Å². The van der Waals surface area contributed by atoms with Crippen LogP contribution in [0.3, 0.4) is 0 Å². The Morgan fingerprint density at radius 1 is 1.18 bits per heavy atom. The minimum absolute atomic E-state index is 0.233. The van der Waals surface area contributed by atoms with Gasteiger partial charge in [0.05, 0.1) is 6.20 Å². The molecule has 4 N–H and O–H groups in total. The Labute approximate surface area is 128 Å². The predicted octanol–water partition coefficient (Wildman–Crippen LogP) is 0.561. The summed E-state index contributed by atoms with van der Waals surface area (Å²) in [6.45, 7) is 0.926. The summed E-state index contributed by atoms with van der Waals surface area (Å²) in [6, 6.07) is 6.56. The van der Waals surface area contributed by atoms with Crippen molar-refractivity contribution in [3.8, 4) is 0 Å². The van der Waals surface area contributed by atoms with Crippen molar-refractivity contribution in [2.45, 2.75) is 13.0 Å². The Morgan fingerprint density at radius 2 is 1.91 bits per heavy atom. The SMILES string of the molecule is Cn1cc(CCNC(=O)NCc2ccc(C(N)=O)cc2)cn1. The Hall–Kier alpha value is -2.83. The molecule has 3 amide bonds. The highest BCUT2D eigenvalue weighted by Gasteiger charge is 2.03. The molecule has 0 aliphatic carbocycles. The second kappa shape index (κ2) is 7.26. The average molecular weight is 301 g/mol. The number of carbonyl (C=O) groups excluding carboxylic acids is 2. The molecule has 2 rings (SSSR count). The van der Waals surface area contributed by atoms with Gasteiger partial charge in [-0.15, -0.1) is 0 Å². The van der Waals surface area contributed by atoms with Crippen molar-refractivity contribution < 1.29 is 9.59 Å². The lowest BCUT2D eigenvalue weighted by molar-refractivity contribution is 0.1000. The van der Waals surface area contributed by atoms with Gasteiger partial charge in [-0.2, -0.15) is 5.10 Å². The largest absolute Gasteiger partial charge is 0.366 e. The molecule has 0 saturated heterocycles. The molecule has 0 unspecified atom stereocenters. The number of aromatic nitrogens is 2. The van der Waals surface area contributed by atoms with Crippen molar-refractivity contribution >= 4 is 11.9 Å². The number of carbonyl (C=O) groups is 2. The normalized spacial score (nSPS) is 10.2. The van der Waals surface area contributed by atoms with E-state index in [0.717, 1.165) is 17.5 Å². The fourth-order valence-corrected chi connectivity index (χ4v) is 1.95. The first kappa shape index (κ1) is 15.6. The van der Waals surface area contributed by atoms with E-state index in [1.807, 2.05) is 13.2 Å². The summed E-state index contributed by atoms with van der Waals surface area (Å²) in [6.07, 6.45) is 4.42. The summed E-state index contributed by atoms with van der Waals surface area (Å²) >= 11 is 0. The molecule has 1 aromatic heterocycles. The smallest absolute Gasteiger partial charge is 0.315 e. The minimum atomic E-state index is -0.465. The first-order chi connectivity index (χ1) is 10.5. The summed E-state index contributed by atoms with van der Waals surface area (Å²) in [4.78, 5) is 22.6. The van der Waals surface area contributed by atoms with Gasteiger partial charge in [-0.05, 0) is 29.7 Å². The zero-order chi connectivity index (χ0) is 15.9. The number of nitrogens with two attached hydrogens (primary N) is 1. The van der Waals surface area contributed by atoms with E-state index in [1.54, 1.807) is 35.1 Å². The van der Waals surface area contributed by atoms with E-state index in [-0.39, 0.29) is 6.03 Å². The highest BCUT2D eigenvalue weighted by atomic mass is 16.2. The molecule has 0 saturated carbocycles. The van der Waals surface area contributed by atoms with Crippen molar-refractivity contribution in [3.05, 3.63) is 53.3 Å². The van der Waals surface area contributed by atoms with Crippen LogP contribution in [0, 0.1) is 0 Å². The molecule has 0 bridgehead atoms. The van der Waals surface area contributed by atoms with E-state index < -0.39 is 5.91 Å². The molecule has 7 heteroatoms. The highest BCUT2D eigenvalue weighted by molar-refractivity contribution is 5.92. The number of primary amides is 1. The summed E-state index contributed by atoms with van der Waals surface area (Å²) in [5.74, 6) is -0.465. The highest BCUT2D eigenvalue weighted by Crippen LogP contribution is 2.03. The molecule has 1 aromatic carbocycles. The fraction of sp³-hybridized carbons (Fsp3) is 0.267. The van der Waals surface area contributed by atoms with Gasteiger partial charge >= 0.3 is 6.03 Å². The van der Waals surface area contributed by atoms with E-state index >= 15 is 0 Å². The minimum Gasteiger partial charge on any atom is -0.366 e. The molecule has 0 aliphatic rings. The monoisotopic (exact) mass is 301 g/mol. The van der Waals surface area contributed by atoms with Gasteiger partial charge < -0.3 is 16.4 Å². The third-order valence-corrected chi connectivity index (χ3v) is 3.15. The first-order valence-electron chi connectivity index (χ1n) is 6.92. The second-order valence-electron chi connectivity index (χ2n) is 4.94. The number of benzene rings is 1. The van der Waals surface area contributed by atoms with Crippen molar-refractivity contribution in [3.63, 3.8) is 0 Å². The number of aryl methyl sites for hydroxylation is 1. The Kier molecular flexibility index (Phi) is 5.13.